The van der Waals surface area contributed by atoms with E-state index in [1.807, 2.05) is 36.2 Å². The Balaban J connectivity index is 2.13. The summed E-state index contributed by atoms with van der Waals surface area (Å²) in [5.74, 6) is -0.393. The molecule has 0 aliphatic rings. The van der Waals surface area contributed by atoms with Crippen LogP contribution in [0.5, 0.6) is 0 Å². The van der Waals surface area contributed by atoms with Crippen molar-refractivity contribution in [2.45, 2.75) is 6.54 Å². The topological polar surface area (TPSA) is 29.3 Å². The molecule has 0 atom stereocenters. The Kier molecular flexibility index (Phi) is 3.72. The van der Waals surface area contributed by atoms with E-state index in [4.69, 9.17) is 17.3 Å². The van der Waals surface area contributed by atoms with E-state index >= 15 is 0 Å². The van der Waals surface area contributed by atoms with E-state index in [2.05, 4.69) is 0 Å². The highest BCUT2D eigenvalue weighted by atomic mass is 35.5. The monoisotopic (exact) mass is 264 g/mol. The molecular formula is C14H14ClFN2. The summed E-state index contributed by atoms with van der Waals surface area (Å²) in [7, 11) is 1.90. The lowest BCUT2D eigenvalue weighted by atomic mass is 10.2. The van der Waals surface area contributed by atoms with Gasteiger partial charge in [0, 0.05) is 24.3 Å². The Morgan fingerprint density at radius 1 is 1.17 bits per heavy atom. The highest BCUT2D eigenvalue weighted by Crippen LogP contribution is 2.21. The van der Waals surface area contributed by atoms with Crippen LogP contribution in [0, 0.1) is 5.82 Å². The first-order valence-electron chi connectivity index (χ1n) is 5.57. The summed E-state index contributed by atoms with van der Waals surface area (Å²) in [6.07, 6.45) is 0. The lowest BCUT2D eigenvalue weighted by molar-refractivity contribution is 0.632. The van der Waals surface area contributed by atoms with E-state index in [0.717, 1.165) is 11.3 Å². The first-order valence-corrected chi connectivity index (χ1v) is 5.94. The fourth-order valence-corrected chi connectivity index (χ4v) is 1.83. The molecule has 0 fully saturated rings. The van der Waals surface area contributed by atoms with Crippen LogP contribution in [-0.2, 0) is 6.54 Å². The Hall–Kier alpha value is -1.74. The van der Waals surface area contributed by atoms with Crippen molar-refractivity contribution in [3.05, 3.63) is 58.9 Å². The standard InChI is InChI=1S/C14H14ClFN2/c1-18(9-10-2-4-11(15)5-3-10)12-6-7-14(17)13(16)8-12/h2-8H,9,17H2,1H3. The third-order valence-corrected chi connectivity index (χ3v) is 3.01. The number of nitrogen functional groups attached to an aromatic ring is 1. The molecule has 0 saturated carbocycles. The molecule has 0 aliphatic carbocycles. The molecule has 0 amide bonds. The second kappa shape index (κ2) is 5.27. The Morgan fingerprint density at radius 3 is 2.44 bits per heavy atom. The van der Waals surface area contributed by atoms with Crippen LogP contribution in [0.3, 0.4) is 0 Å². The molecule has 2 rings (SSSR count). The van der Waals surface area contributed by atoms with Crippen LogP contribution in [0.1, 0.15) is 5.56 Å². The molecular weight excluding hydrogens is 251 g/mol. The second-order valence-electron chi connectivity index (χ2n) is 4.19. The summed E-state index contributed by atoms with van der Waals surface area (Å²) in [4.78, 5) is 1.95. The van der Waals surface area contributed by atoms with Crippen molar-refractivity contribution in [2.75, 3.05) is 17.7 Å². The number of nitrogens with two attached hydrogens (primary N) is 1. The Bertz CT molecular complexity index is 540. The fourth-order valence-electron chi connectivity index (χ4n) is 1.71. The number of halogens is 2. The van der Waals surface area contributed by atoms with Crippen molar-refractivity contribution < 1.29 is 4.39 Å². The maximum atomic E-state index is 13.4. The van der Waals surface area contributed by atoms with E-state index in [1.54, 1.807) is 12.1 Å². The number of hydrogen-bond donors (Lipinski definition) is 1. The van der Waals surface area contributed by atoms with Gasteiger partial charge in [0.2, 0.25) is 0 Å². The van der Waals surface area contributed by atoms with Gasteiger partial charge in [-0.2, -0.15) is 0 Å². The van der Waals surface area contributed by atoms with Gasteiger partial charge in [-0.05, 0) is 35.9 Å². The van der Waals surface area contributed by atoms with Gasteiger partial charge in [0.25, 0.3) is 0 Å². The van der Waals surface area contributed by atoms with Crippen LogP contribution >= 0.6 is 11.6 Å². The van der Waals surface area contributed by atoms with Gasteiger partial charge in [-0.3, -0.25) is 0 Å². The summed E-state index contributed by atoms with van der Waals surface area (Å²) in [5, 5.41) is 0.708. The molecule has 0 heterocycles. The minimum Gasteiger partial charge on any atom is -0.396 e. The number of hydrogen-bond acceptors (Lipinski definition) is 2. The van der Waals surface area contributed by atoms with Gasteiger partial charge < -0.3 is 10.6 Å². The maximum absolute atomic E-state index is 13.4. The molecule has 0 aliphatic heterocycles. The average molecular weight is 265 g/mol. The van der Waals surface area contributed by atoms with Crippen molar-refractivity contribution in [1.82, 2.24) is 0 Å². The SMILES string of the molecule is CN(Cc1ccc(Cl)cc1)c1ccc(N)c(F)c1. The van der Waals surface area contributed by atoms with E-state index in [-0.39, 0.29) is 5.69 Å². The largest absolute Gasteiger partial charge is 0.396 e. The molecule has 2 nitrogen and oxygen atoms in total. The van der Waals surface area contributed by atoms with Crippen LogP contribution in [0.4, 0.5) is 15.8 Å². The molecule has 2 aromatic carbocycles. The van der Waals surface area contributed by atoms with Crippen molar-refractivity contribution in [3.63, 3.8) is 0 Å². The van der Waals surface area contributed by atoms with Crippen LogP contribution in [0.15, 0.2) is 42.5 Å². The lowest BCUT2D eigenvalue weighted by Gasteiger charge is -2.19. The summed E-state index contributed by atoms with van der Waals surface area (Å²) in [6, 6.07) is 12.4. The van der Waals surface area contributed by atoms with Gasteiger partial charge in [0.15, 0.2) is 0 Å². The number of rotatable bonds is 3. The van der Waals surface area contributed by atoms with Gasteiger partial charge in [-0.1, -0.05) is 23.7 Å². The quantitative estimate of drug-likeness (QED) is 0.857. The zero-order valence-corrected chi connectivity index (χ0v) is 10.8. The maximum Gasteiger partial charge on any atom is 0.148 e. The molecule has 0 bridgehead atoms. The second-order valence-corrected chi connectivity index (χ2v) is 4.62. The summed E-state index contributed by atoms with van der Waals surface area (Å²) < 4.78 is 13.4. The third kappa shape index (κ3) is 2.93. The van der Waals surface area contributed by atoms with Gasteiger partial charge >= 0.3 is 0 Å². The molecule has 4 heteroatoms. The van der Waals surface area contributed by atoms with Crippen molar-refractivity contribution in [3.8, 4) is 0 Å². The number of benzene rings is 2. The smallest absolute Gasteiger partial charge is 0.148 e. The lowest BCUT2D eigenvalue weighted by Crippen LogP contribution is -2.16. The minimum atomic E-state index is -0.393. The zero-order chi connectivity index (χ0) is 13.1. The van der Waals surface area contributed by atoms with Crippen molar-refractivity contribution >= 4 is 23.0 Å². The fraction of sp³-hybridized carbons (Fsp3) is 0.143. The van der Waals surface area contributed by atoms with Gasteiger partial charge in [-0.25, -0.2) is 4.39 Å². The van der Waals surface area contributed by atoms with Gasteiger partial charge in [0.1, 0.15) is 5.82 Å². The minimum absolute atomic E-state index is 0.165. The molecule has 18 heavy (non-hydrogen) atoms. The first kappa shape index (κ1) is 12.7. The number of nitrogens with zero attached hydrogens (tertiary/aromatic N) is 1. The molecule has 2 aromatic rings. The molecule has 0 saturated heterocycles. The summed E-state index contributed by atoms with van der Waals surface area (Å²) in [5.41, 5.74) is 7.51. The van der Waals surface area contributed by atoms with Crippen LogP contribution in [-0.4, -0.2) is 7.05 Å². The van der Waals surface area contributed by atoms with Gasteiger partial charge in [0.05, 0.1) is 5.69 Å². The highest BCUT2D eigenvalue weighted by Gasteiger charge is 2.05. The van der Waals surface area contributed by atoms with Crippen LogP contribution in [0.2, 0.25) is 5.02 Å². The molecule has 0 unspecified atom stereocenters. The van der Waals surface area contributed by atoms with E-state index < -0.39 is 5.82 Å². The van der Waals surface area contributed by atoms with E-state index in [1.165, 1.54) is 6.07 Å². The number of anilines is 2. The summed E-state index contributed by atoms with van der Waals surface area (Å²) >= 11 is 5.83. The molecule has 0 aromatic heterocycles. The normalized spacial score (nSPS) is 10.4. The van der Waals surface area contributed by atoms with Crippen LogP contribution in [0.25, 0.3) is 0 Å². The molecule has 94 valence electrons. The van der Waals surface area contributed by atoms with Crippen molar-refractivity contribution in [2.24, 2.45) is 0 Å². The van der Waals surface area contributed by atoms with E-state index in [9.17, 15) is 4.39 Å². The summed E-state index contributed by atoms with van der Waals surface area (Å²) in [6.45, 7) is 0.681. The van der Waals surface area contributed by atoms with Gasteiger partial charge in [-0.15, -0.1) is 0 Å². The predicted octanol–water partition coefficient (Wildman–Crippen LogP) is 3.70. The Labute approximate surface area is 111 Å². The average Bonchev–Trinajstić information content (AvgIpc) is 2.35. The zero-order valence-electron chi connectivity index (χ0n) is 10.0. The predicted molar refractivity (Wildman–Crippen MR) is 74.4 cm³/mol. The van der Waals surface area contributed by atoms with E-state index in [0.29, 0.717) is 11.6 Å². The third-order valence-electron chi connectivity index (χ3n) is 2.76. The molecule has 0 radical (unpaired) electrons. The van der Waals surface area contributed by atoms with Crippen molar-refractivity contribution in [1.29, 1.82) is 0 Å². The van der Waals surface area contributed by atoms with Crippen LogP contribution < -0.4 is 10.6 Å². The Morgan fingerprint density at radius 2 is 1.83 bits per heavy atom. The first-order chi connectivity index (χ1) is 8.56. The molecule has 0 spiro atoms. The molecule has 2 N–H and O–H groups in total. The highest BCUT2D eigenvalue weighted by molar-refractivity contribution is 6.30.